The highest BCUT2D eigenvalue weighted by Crippen LogP contribution is 2.28. The molecule has 124 valence electrons. The normalized spacial score (nSPS) is 21.0. The van der Waals surface area contributed by atoms with Gasteiger partial charge in [-0.15, -0.1) is 24.0 Å². The van der Waals surface area contributed by atoms with Crippen LogP contribution >= 0.6 is 35.6 Å². The number of nitrogens with zero attached hydrogens (tertiary/aromatic N) is 1. The lowest BCUT2D eigenvalue weighted by Crippen LogP contribution is -2.41. The summed E-state index contributed by atoms with van der Waals surface area (Å²) >= 11 is 5.76. The first-order chi connectivity index (χ1) is 9.92. The third-order valence-corrected chi connectivity index (χ3v) is 5.48. The molecule has 0 saturated heterocycles. The maximum atomic E-state index is 12.2. The Labute approximate surface area is 153 Å². The predicted octanol–water partition coefficient (Wildman–Crippen LogP) is 2.31. The molecule has 0 aromatic heterocycles. The molecule has 1 aliphatic carbocycles. The molecule has 1 aromatic carbocycles. The summed E-state index contributed by atoms with van der Waals surface area (Å²) < 4.78 is 24.3. The van der Waals surface area contributed by atoms with Gasteiger partial charge in [0.05, 0.1) is 10.6 Å². The molecule has 5 nitrogen and oxygen atoms in total. The average Bonchev–Trinajstić information content (AvgIpc) is 3.13. The van der Waals surface area contributed by atoms with Crippen LogP contribution in [0.2, 0.25) is 5.02 Å². The molecule has 0 radical (unpaired) electrons. The van der Waals surface area contributed by atoms with Gasteiger partial charge in [-0.2, -0.15) is 0 Å². The number of hydrogen-bond donors (Lipinski definition) is 2. The lowest BCUT2D eigenvalue weighted by molar-refractivity contribution is 0.594. The molecule has 0 aliphatic heterocycles. The molecule has 0 heterocycles. The summed E-state index contributed by atoms with van der Waals surface area (Å²) in [7, 11) is -1.63. The van der Waals surface area contributed by atoms with Crippen molar-refractivity contribution < 1.29 is 8.42 Å². The van der Waals surface area contributed by atoms with Gasteiger partial charge in [-0.3, -0.25) is 4.99 Å². The van der Waals surface area contributed by atoms with E-state index >= 15 is 0 Å². The van der Waals surface area contributed by atoms with Crippen LogP contribution in [0.25, 0.3) is 0 Å². The molecular formula is C14H21ClIN3O2S. The van der Waals surface area contributed by atoms with Crippen molar-refractivity contribution in [2.24, 2.45) is 10.9 Å². The molecule has 0 bridgehead atoms. The minimum absolute atomic E-state index is 0. The number of halogens is 2. The van der Waals surface area contributed by atoms with Crippen LogP contribution in [-0.2, 0) is 9.84 Å². The fourth-order valence-corrected chi connectivity index (χ4v) is 3.24. The van der Waals surface area contributed by atoms with Gasteiger partial charge in [0, 0.05) is 24.7 Å². The standard InChI is InChI=1S/C14H20ClN3O2S.HI/c1-10-9-13(10)18-14(16-2)17-7-8-21(19,20)12-5-3-11(15)4-6-12;/h3-6,10,13H,7-9H2,1-2H3,(H2,16,17,18);1H. The van der Waals surface area contributed by atoms with Crippen LogP contribution in [0.15, 0.2) is 34.2 Å². The molecule has 0 amide bonds. The van der Waals surface area contributed by atoms with Crippen molar-refractivity contribution >= 4 is 51.4 Å². The van der Waals surface area contributed by atoms with Gasteiger partial charge in [0.1, 0.15) is 0 Å². The van der Waals surface area contributed by atoms with Crippen LogP contribution in [0.1, 0.15) is 13.3 Å². The molecule has 1 saturated carbocycles. The van der Waals surface area contributed by atoms with E-state index in [0.717, 1.165) is 6.42 Å². The minimum Gasteiger partial charge on any atom is -0.355 e. The van der Waals surface area contributed by atoms with Gasteiger partial charge in [-0.1, -0.05) is 18.5 Å². The van der Waals surface area contributed by atoms with Gasteiger partial charge >= 0.3 is 0 Å². The SMILES string of the molecule is CN=C(NCCS(=O)(=O)c1ccc(Cl)cc1)NC1CC1C.I. The fourth-order valence-electron chi connectivity index (χ4n) is 1.96. The zero-order chi connectivity index (χ0) is 15.5. The predicted molar refractivity (Wildman–Crippen MR) is 101 cm³/mol. The van der Waals surface area contributed by atoms with Crippen LogP contribution in [0, 0.1) is 5.92 Å². The third kappa shape index (κ3) is 5.58. The Morgan fingerprint density at radius 2 is 1.95 bits per heavy atom. The zero-order valence-electron chi connectivity index (χ0n) is 12.5. The Morgan fingerprint density at radius 3 is 2.45 bits per heavy atom. The topological polar surface area (TPSA) is 70.6 Å². The zero-order valence-corrected chi connectivity index (χ0v) is 16.4. The van der Waals surface area contributed by atoms with Crippen molar-refractivity contribution in [3.63, 3.8) is 0 Å². The summed E-state index contributed by atoms with van der Waals surface area (Å²) in [5, 5.41) is 6.81. The molecule has 8 heteroatoms. The van der Waals surface area contributed by atoms with Crippen LogP contribution in [0.3, 0.4) is 0 Å². The van der Waals surface area contributed by atoms with E-state index in [9.17, 15) is 8.42 Å². The van der Waals surface area contributed by atoms with Crippen molar-refractivity contribution in [1.29, 1.82) is 0 Å². The minimum atomic E-state index is -3.31. The third-order valence-electron chi connectivity index (χ3n) is 3.49. The van der Waals surface area contributed by atoms with Crippen molar-refractivity contribution in [1.82, 2.24) is 10.6 Å². The number of hydrogen-bond acceptors (Lipinski definition) is 3. The van der Waals surface area contributed by atoms with E-state index in [0.29, 0.717) is 29.5 Å². The van der Waals surface area contributed by atoms with E-state index in [-0.39, 0.29) is 34.6 Å². The Balaban J connectivity index is 0.00000242. The second-order valence-corrected chi connectivity index (χ2v) is 7.78. The van der Waals surface area contributed by atoms with Crippen molar-refractivity contribution in [3.8, 4) is 0 Å². The van der Waals surface area contributed by atoms with Gasteiger partial charge in [0.15, 0.2) is 15.8 Å². The average molecular weight is 458 g/mol. The van der Waals surface area contributed by atoms with Crippen LogP contribution in [0.5, 0.6) is 0 Å². The van der Waals surface area contributed by atoms with Crippen molar-refractivity contribution in [2.75, 3.05) is 19.3 Å². The van der Waals surface area contributed by atoms with Gasteiger partial charge < -0.3 is 10.6 Å². The number of aliphatic imine (C=N–C) groups is 1. The molecular weight excluding hydrogens is 437 g/mol. The van der Waals surface area contributed by atoms with Crippen LogP contribution in [0.4, 0.5) is 0 Å². The number of sulfone groups is 1. The van der Waals surface area contributed by atoms with E-state index in [4.69, 9.17) is 11.6 Å². The molecule has 0 spiro atoms. The summed E-state index contributed by atoms with van der Waals surface area (Å²) in [6.07, 6.45) is 1.13. The van der Waals surface area contributed by atoms with Gasteiger partial charge in [-0.05, 0) is 36.6 Å². The Morgan fingerprint density at radius 1 is 1.36 bits per heavy atom. The Bertz CT molecular complexity index is 619. The molecule has 2 atom stereocenters. The molecule has 1 fully saturated rings. The molecule has 1 aliphatic rings. The van der Waals surface area contributed by atoms with Gasteiger partial charge in [0.2, 0.25) is 0 Å². The monoisotopic (exact) mass is 457 g/mol. The summed E-state index contributed by atoms with van der Waals surface area (Å²) in [6, 6.07) is 6.66. The van der Waals surface area contributed by atoms with Gasteiger partial charge in [-0.25, -0.2) is 8.42 Å². The molecule has 2 N–H and O–H groups in total. The van der Waals surface area contributed by atoms with Crippen molar-refractivity contribution in [2.45, 2.75) is 24.3 Å². The van der Waals surface area contributed by atoms with Crippen molar-refractivity contribution in [3.05, 3.63) is 29.3 Å². The lowest BCUT2D eigenvalue weighted by atomic mass is 10.4. The largest absolute Gasteiger partial charge is 0.355 e. The number of rotatable bonds is 5. The maximum Gasteiger partial charge on any atom is 0.191 e. The Hall–Kier alpha value is -0.540. The molecule has 2 rings (SSSR count). The molecule has 22 heavy (non-hydrogen) atoms. The number of nitrogens with one attached hydrogen (secondary N) is 2. The molecule has 1 aromatic rings. The van der Waals surface area contributed by atoms with Gasteiger partial charge in [0.25, 0.3) is 0 Å². The van der Waals surface area contributed by atoms with E-state index in [1.54, 1.807) is 19.2 Å². The van der Waals surface area contributed by atoms with Crippen LogP contribution < -0.4 is 10.6 Å². The second kappa shape index (κ2) is 8.35. The van der Waals surface area contributed by atoms with E-state index in [1.165, 1.54) is 12.1 Å². The smallest absolute Gasteiger partial charge is 0.191 e. The van der Waals surface area contributed by atoms with E-state index < -0.39 is 9.84 Å². The first-order valence-electron chi connectivity index (χ1n) is 6.88. The van der Waals surface area contributed by atoms with Crippen LogP contribution in [-0.4, -0.2) is 39.8 Å². The first kappa shape index (κ1) is 19.5. The summed E-state index contributed by atoms with van der Waals surface area (Å²) in [6.45, 7) is 2.47. The number of benzene rings is 1. The highest BCUT2D eigenvalue weighted by atomic mass is 127. The maximum absolute atomic E-state index is 12.2. The molecule has 2 unspecified atom stereocenters. The second-order valence-electron chi connectivity index (χ2n) is 5.24. The Kier molecular flexibility index (Phi) is 7.40. The van der Waals surface area contributed by atoms with E-state index in [2.05, 4.69) is 22.5 Å². The number of guanidine groups is 1. The summed E-state index contributed by atoms with van der Waals surface area (Å²) in [5.41, 5.74) is 0. The summed E-state index contributed by atoms with van der Waals surface area (Å²) in [4.78, 5) is 4.37. The quantitative estimate of drug-likeness (QED) is 0.404. The van der Waals surface area contributed by atoms with E-state index in [1.807, 2.05) is 0 Å². The lowest BCUT2D eigenvalue weighted by Gasteiger charge is -2.11. The highest BCUT2D eigenvalue weighted by Gasteiger charge is 2.33. The first-order valence-corrected chi connectivity index (χ1v) is 8.91. The summed E-state index contributed by atoms with van der Waals surface area (Å²) in [5.74, 6) is 1.31. The fraction of sp³-hybridized carbons (Fsp3) is 0.500. The highest BCUT2D eigenvalue weighted by molar-refractivity contribution is 14.0.